The molecule has 2 aromatic carbocycles. The third-order valence-corrected chi connectivity index (χ3v) is 3.99. The Balaban J connectivity index is 1.72. The first-order valence-electron chi connectivity index (χ1n) is 8.43. The topological polar surface area (TPSA) is 114 Å². The molecule has 4 aromatic rings. The van der Waals surface area contributed by atoms with Crippen LogP contribution in [0.2, 0.25) is 0 Å². The molecule has 0 saturated carbocycles. The van der Waals surface area contributed by atoms with E-state index in [1.54, 1.807) is 12.1 Å². The summed E-state index contributed by atoms with van der Waals surface area (Å²) in [6, 6.07) is 13.2. The van der Waals surface area contributed by atoms with Gasteiger partial charge in [0.25, 0.3) is 0 Å². The standard InChI is InChI=1S/C20H13FN4O4/c21-12-1-8-17-16(11-12)20(22-13-2-4-14(26)5-3-13)24-18(23-17)9-6-15-7-10-19(29-15)25(27)28/h1-11,26H,(H,22,23,24). The highest BCUT2D eigenvalue weighted by atomic mass is 19.1. The summed E-state index contributed by atoms with van der Waals surface area (Å²) in [6.45, 7) is 0. The summed E-state index contributed by atoms with van der Waals surface area (Å²) in [6.07, 6.45) is 3.04. The molecule has 0 radical (unpaired) electrons. The van der Waals surface area contributed by atoms with Gasteiger partial charge in [-0.05, 0) is 60.7 Å². The van der Waals surface area contributed by atoms with Crippen LogP contribution in [0.25, 0.3) is 23.1 Å². The summed E-state index contributed by atoms with van der Waals surface area (Å²) in [5.74, 6) is 0.253. The van der Waals surface area contributed by atoms with Crippen molar-refractivity contribution in [1.82, 2.24) is 9.97 Å². The molecule has 0 aliphatic heterocycles. The van der Waals surface area contributed by atoms with Gasteiger partial charge in [-0.2, -0.15) is 0 Å². The van der Waals surface area contributed by atoms with Gasteiger partial charge in [0.05, 0.1) is 11.6 Å². The number of phenols is 1. The first-order valence-corrected chi connectivity index (χ1v) is 8.43. The number of phenolic OH excluding ortho intramolecular Hbond substituents is 1. The van der Waals surface area contributed by atoms with Crippen molar-refractivity contribution in [1.29, 1.82) is 0 Å². The van der Waals surface area contributed by atoms with Crippen LogP contribution < -0.4 is 5.32 Å². The van der Waals surface area contributed by atoms with Crippen LogP contribution >= 0.6 is 0 Å². The van der Waals surface area contributed by atoms with E-state index in [9.17, 15) is 19.6 Å². The number of benzene rings is 2. The zero-order valence-corrected chi connectivity index (χ0v) is 14.7. The highest BCUT2D eigenvalue weighted by Gasteiger charge is 2.11. The monoisotopic (exact) mass is 392 g/mol. The fourth-order valence-corrected chi connectivity index (χ4v) is 2.66. The largest absolute Gasteiger partial charge is 0.508 e. The molecule has 0 atom stereocenters. The molecule has 0 saturated heterocycles. The maximum atomic E-state index is 13.7. The van der Waals surface area contributed by atoms with Crippen molar-refractivity contribution < 1.29 is 18.8 Å². The lowest BCUT2D eigenvalue weighted by Gasteiger charge is -2.10. The highest BCUT2D eigenvalue weighted by molar-refractivity contribution is 5.91. The lowest BCUT2D eigenvalue weighted by molar-refractivity contribution is -0.402. The number of nitrogens with zero attached hydrogens (tertiary/aromatic N) is 3. The first-order chi connectivity index (χ1) is 14.0. The van der Waals surface area contributed by atoms with Crippen molar-refractivity contribution in [3.05, 3.63) is 82.1 Å². The normalized spacial score (nSPS) is 11.2. The Morgan fingerprint density at radius 1 is 1.07 bits per heavy atom. The van der Waals surface area contributed by atoms with Crippen LogP contribution in [0.5, 0.6) is 5.75 Å². The average molecular weight is 392 g/mol. The Bertz CT molecular complexity index is 1240. The maximum absolute atomic E-state index is 13.7. The molecule has 0 aliphatic carbocycles. The van der Waals surface area contributed by atoms with Crippen LogP contribution in [0, 0.1) is 15.9 Å². The van der Waals surface area contributed by atoms with Crippen molar-refractivity contribution >= 4 is 40.4 Å². The number of nitrogens with one attached hydrogen (secondary N) is 1. The van der Waals surface area contributed by atoms with E-state index in [1.807, 2.05) is 0 Å². The highest BCUT2D eigenvalue weighted by Crippen LogP contribution is 2.26. The van der Waals surface area contributed by atoms with Crippen LogP contribution in [0.15, 0.2) is 59.0 Å². The molecule has 2 N–H and O–H groups in total. The number of hydrogen-bond acceptors (Lipinski definition) is 7. The lowest BCUT2D eigenvalue weighted by atomic mass is 10.2. The summed E-state index contributed by atoms with van der Waals surface area (Å²) in [7, 11) is 0. The number of nitro groups is 1. The van der Waals surface area contributed by atoms with Crippen molar-refractivity contribution in [3.63, 3.8) is 0 Å². The quantitative estimate of drug-likeness (QED) is 0.282. The van der Waals surface area contributed by atoms with Crippen LogP contribution in [0.4, 0.5) is 21.8 Å². The van der Waals surface area contributed by atoms with Crippen molar-refractivity contribution in [3.8, 4) is 5.75 Å². The molecule has 2 heterocycles. The van der Waals surface area contributed by atoms with Gasteiger partial charge < -0.3 is 14.8 Å². The van der Waals surface area contributed by atoms with Gasteiger partial charge in [-0.15, -0.1) is 0 Å². The minimum absolute atomic E-state index is 0.116. The van der Waals surface area contributed by atoms with E-state index in [0.717, 1.165) is 0 Å². The van der Waals surface area contributed by atoms with Crippen LogP contribution in [-0.2, 0) is 0 Å². The molecule has 9 heteroatoms. The zero-order valence-electron chi connectivity index (χ0n) is 14.7. The molecule has 0 fully saturated rings. The van der Waals surface area contributed by atoms with E-state index < -0.39 is 10.7 Å². The number of furan rings is 1. The van der Waals surface area contributed by atoms with Crippen LogP contribution in [0.1, 0.15) is 11.6 Å². The second kappa shape index (κ2) is 7.39. The van der Waals surface area contributed by atoms with Gasteiger partial charge in [0.15, 0.2) is 5.82 Å². The minimum atomic E-state index is -0.627. The van der Waals surface area contributed by atoms with Gasteiger partial charge in [0.1, 0.15) is 28.1 Å². The van der Waals surface area contributed by atoms with Gasteiger partial charge in [0.2, 0.25) is 0 Å². The molecular weight excluding hydrogens is 379 g/mol. The SMILES string of the molecule is O=[N+]([O-])c1ccc(C=Cc2nc(Nc3ccc(O)cc3)c3cc(F)ccc3n2)o1. The predicted molar refractivity (Wildman–Crippen MR) is 105 cm³/mol. The van der Waals surface area contributed by atoms with Gasteiger partial charge in [-0.25, -0.2) is 14.4 Å². The molecule has 0 amide bonds. The van der Waals surface area contributed by atoms with Crippen LogP contribution in [0.3, 0.4) is 0 Å². The first kappa shape index (κ1) is 18.1. The molecule has 8 nitrogen and oxygen atoms in total. The molecular formula is C20H13FN4O4. The van der Waals surface area contributed by atoms with Crippen LogP contribution in [-0.4, -0.2) is 20.0 Å². The minimum Gasteiger partial charge on any atom is -0.508 e. The molecule has 0 aliphatic rings. The predicted octanol–water partition coefficient (Wildman–Crippen LogP) is 4.89. The van der Waals surface area contributed by atoms with Gasteiger partial charge >= 0.3 is 5.88 Å². The maximum Gasteiger partial charge on any atom is 0.433 e. The van der Waals surface area contributed by atoms with E-state index >= 15 is 0 Å². The Hall–Kier alpha value is -4.27. The Labute approximate surface area is 163 Å². The number of halogens is 1. The summed E-state index contributed by atoms with van der Waals surface area (Å²) >= 11 is 0. The smallest absolute Gasteiger partial charge is 0.433 e. The number of fused-ring (bicyclic) bond motifs is 1. The third-order valence-electron chi connectivity index (χ3n) is 3.99. The van der Waals surface area contributed by atoms with Gasteiger partial charge in [-0.3, -0.25) is 10.1 Å². The Kier molecular flexibility index (Phi) is 4.62. The van der Waals surface area contributed by atoms with Crippen molar-refractivity contribution in [2.24, 2.45) is 0 Å². The molecule has 144 valence electrons. The number of aromatic hydroxyl groups is 1. The second-order valence-electron chi connectivity index (χ2n) is 6.03. The van der Waals surface area contributed by atoms with E-state index in [1.165, 1.54) is 54.6 Å². The molecule has 2 aromatic heterocycles. The molecule has 4 rings (SSSR count). The third kappa shape index (κ3) is 4.03. The molecule has 0 spiro atoms. The Morgan fingerprint density at radius 2 is 1.86 bits per heavy atom. The van der Waals surface area contributed by atoms with Crippen molar-refractivity contribution in [2.75, 3.05) is 5.32 Å². The second-order valence-corrected chi connectivity index (χ2v) is 6.03. The molecule has 29 heavy (non-hydrogen) atoms. The Morgan fingerprint density at radius 3 is 2.59 bits per heavy atom. The summed E-state index contributed by atoms with van der Waals surface area (Å²) in [5, 5.41) is 23.7. The van der Waals surface area contributed by atoms with Gasteiger partial charge in [0, 0.05) is 11.1 Å². The van der Waals surface area contributed by atoms with E-state index in [0.29, 0.717) is 28.2 Å². The zero-order chi connectivity index (χ0) is 20.4. The average Bonchev–Trinajstić information content (AvgIpc) is 3.18. The fraction of sp³-hybridized carbons (Fsp3) is 0. The number of aromatic nitrogens is 2. The summed E-state index contributed by atoms with van der Waals surface area (Å²) in [4.78, 5) is 18.9. The molecule has 0 unspecified atom stereocenters. The number of hydrogen-bond donors (Lipinski definition) is 2. The summed E-state index contributed by atoms with van der Waals surface area (Å²) < 4.78 is 18.8. The van der Waals surface area contributed by atoms with E-state index in [-0.39, 0.29) is 17.4 Å². The summed E-state index contributed by atoms with van der Waals surface area (Å²) in [5.41, 5.74) is 1.15. The van der Waals surface area contributed by atoms with E-state index in [4.69, 9.17) is 4.42 Å². The van der Waals surface area contributed by atoms with E-state index in [2.05, 4.69) is 15.3 Å². The molecule has 0 bridgehead atoms. The number of anilines is 2. The number of rotatable bonds is 5. The lowest BCUT2D eigenvalue weighted by Crippen LogP contribution is -1.99. The fourth-order valence-electron chi connectivity index (χ4n) is 2.66. The van der Waals surface area contributed by atoms with Crippen molar-refractivity contribution in [2.45, 2.75) is 0 Å². The van der Waals surface area contributed by atoms with Gasteiger partial charge in [-0.1, -0.05) is 0 Å².